The number of benzene rings is 1. The summed E-state index contributed by atoms with van der Waals surface area (Å²) >= 11 is 0. The third kappa shape index (κ3) is 9.29. The minimum Gasteiger partial charge on any atom is -0.377 e. The van der Waals surface area contributed by atoms with Gasteiger partial charge in [0.1, 0.15) is 0 Å². The van der Waals surface area contributed by atoms with Crippen LogP contribution in [0, 0.1) is 0 Å². The summed E-state index contributed by atoms with van der Waals surface area (Å²) in [7, 11) is 1.75. The Labute approximate surface area is 149 Å². The summed E-state index contributed by atoms with van der Waals surface area (Å²) in [5.41, 5.74) is 1.13. The minimum atomic E-state index is -0.187. The lowest BCUT2D eigenvalue weighted by molar-refractivity contribution is -0.134. The molecule has 24 heavy (non-hydrogen) atoms. The van der Waals surface area contributed by atoms with Crippen LogP contribution in [0.1, 0.15) is 71.6 Å². The van der Waals surface area contributed by atoms with Crippen molar-refractivity contribution in [2.24, 2.45) is 0 Å². The summed E-state index contributed by atoms with van der Waals surface area (Å²) in [6, 6.07) is 10.6. The third-order valence-electron chi connectivity index (χ3n) is 4.34. The number of ether oxygens (including phenoxy) is 2. The number of para-hydroxylation sites is 1. The van der Waals surface area contributed by atoms with Crippen molar-refractivity contribution in [3.63, 3.8) is 0 Å². The van der Waals surface area contributed by atoms with Crippen molar-refractivity contribution < 1.29 is 9.47 Å². The van der Waals surface area contributed by atoms with Crippen LogP contribution in [0.2, 0.25) is 0 Å². The molecule has 1 aromatic rings. The first-order chi connectivity index (χ1) is 11.8. The Morgan fingerprint density at radius 3 is 2.17 bits per heavy atom. The van der Waals surface area contributed by atoms with E-state index < -0.39 is 0 Å². The van der Waals surface area contributed by atoms with Crippen LogP contribution in [-0.4, -0.2) is 26.0 Å². The fourth-order valence-corrected chi connectivity index (χ4v) is 2.89. The Bertz CT molecular complexity index is 383. The van der Waals surface area contributed by atoms with Gasteiger partial charge in [-0.2, -0.15) is 0 Å². The first-order valence-electron chi connectivity index (χ1n) is 9.77. The number of methoxy groups -OCH3 is 1. The molecule has 0 spiro atoms. The Balaban J connectivity index is 2.51. The number of rotatable bonds is 15. The van der Waals surface area contributed by atoms with Gasteiger partial charge in [-0.05, 0) is 25.0 Å². The monoisotopic (exact) mass is 335 g/mol. The molecule has 0 radical (unpaired) electrons. The SMILES string of the molecule is CCCCCCOC(OC)C(CCCCCC)Nc1ccccc1. The highest BCUT2D eigenvalue weighted by atomic mass is 16.7. The number of hydrogen-bond acceptors (Lipinski definition) is 3. The van der Waals surface area contributed by atoms with Crippen molar-refractivity contribution in [1.82, 2.24) is 0 Å². The van der Waals surface area contributed by atoms with E-state index in [0.29, 0.717) is 0 Å². The quantitative estimate of drug-likeness (QED) is 0.314. The normalized spacial score (nSPS) is 13.6. The Hall–Kier alpha value is -1.06. The van der Waals surface area contributed by atoms with E-state index in [0.717, 1.165) is 25.1 Å². The molecule has 3 nitrogen and oxygen atoms in total. The second kappa shape index (κ2) is 14.3. The molecule has 0 saturated heterocycles. The van der Waals surface area contributed by atoms with E-state index in [1.54, 1.807) is 7.11 Å². The predicted octanol–water partition coefficient (Wildman–Crippen LogP) is 6.01. The maximum Gasteiger partial charge on any atom is 0.177 e. The molecule has 2 atom stereocenters. The van der Waals surface area contributed by atoms with Crippen LogP contribution in [0.15, 0.2) is 30.3 Å². The van der Waals surface area contributed by atoms with Crippen LogP contribution < -0.4 is 5.32 Å². The van der Waals surface area contributed by atoms with Crippen LogP contribution in [0.3, 0.4) is 0 Å². The molecule has 1 rings (SSSR count). The first kappa shape index (κ1) is 21.0. The molecule has 0 aromatic heterocycles. The fourth-order valence-electron chi connectivity index (χ4n) is 2.89. The lowest BCUT2D eigenvalue weighted by Crippen LogP contribution is -2.37. The Morgan fingerprint density at radius 2 is 1.54 bits per heavy atom. The van der Waals surface area contributed by atoms with E-state index in [1.165, 1.54) is 44.9 Å². The first-order valence-corrected chi connectivity index (χ1v) is 9.77. The minimum absolute atomic E-state index is 0.187. The maximum absolute atomic E-state index is 6.04. The summed E-state index contributed by atoms with van der Waals surface area (Å²) < 4.78 is 11.7. The molecule has 0 aliphatic carbocycles. The molecule has 3 heteroatoms. The van der Waals surface area contributed by atoms with E-state index in [9.17, 15) is 0 Å². The highest BCUT2D eigenvalue weighted by Gasteiger charge is 2.21. The summed E-state index contributed by atoms with van der Waals surface area (Å²) in [6.07, 6.45) is 10.8. The van der Waals surface area contributed by atoms with Crippen LogP contribution >= 0.6 is 0 Å². The summed E-state index contributed by atoms with van der Waals surface area (Å²) in [5, 5.41) is 3.61. The molecule has 0 aliphatic heterocycles. The molecule has 1 N–H and O–H groups in total. The van der Waals surface area contributed by atoms with Gasteiger partial charge in [-0.1, -0.05) is 77.0 Å². The average Bonchev–Trinajstić information content (AvgIpc) is 2.62. The molecular weight excluding hydrogens is 298 g/mol. The molecule has 0 heterocycles. The van der Waals surface area contributed by atoms with Gasteiger partial charge in [0.25, 0.3) is 0 Å². The molecule has 0 aliphatic rings. The lowest BCUT2D eigenvalue weighted by Gasteiger charge is -2.28. The molecule has 138 valence electrons. The second-order valence-corrected chi connectivity index (χ2v) is 6.50. The van der Waals surface area contributed by atoms with E-state index >= 15 is 0 Å². The average molecular weight is 336 g/mol. The Morgan fingerprint density at radius 1 is 0.875 bits per heavy atom. The lowest BCUT2D eigenvalue weighted by atomic mass is 10.1. The zero-order valence-electron chi connectivity index (χ0n) is 15.9. The maximum atomic E-state index is 6.04. The second-order valence-electron chi connectivity index (χ2n) is 6.50. The van der Waals surface area contributed by atoms with Crippen molar-refractivity contribution in [3.05, 3.63) is 30.3 Å². The number of nitrogens with one attached hydrogen (secondary N) is 1. The van der Waals surface area contributed by atoms with E-state index in [-0.39, 0.29) is 12.3 Å². The molecule has 0 saturated carbocycles. The van der Waals surface area contributed by atoms with Gasteiger partial charge < -0.3 is 14.8 Å². The standard InChI is InChI=1S/C21H37NO2/c1-4-6-8-13-17-20(22-19-15-11-10-12-16-19)21(23-3)24-18-14-9-7-5-2/h10-12,15-16,20-22H,4-9,13-14,17-18H2,1-3H3. The zero-order valence-corrected chi connectivity index (χ0v) is 15.9. The molecular formula is C21H37NO2. The van der Waals surface area contributed by atoms with Crippen molar-refractivity contribution in [3.8, 4) is 0 Å². The van der Waals surface area contributed by atoms with Crippen molar-refractivity contribution in [2.75, 3.05) is 19.0 Å². The van der Waals surface area contributed by atoms with Gasteiger partial charge in [0.15, 0.2) is 6.29 Å². The molecule has 2 unspecified atom stereocenters. The highest BCUT2D eigenvalue weighted by Crippen LogP contribution is 2.18. The molecule has 0 amide bonds. The van der Waals surface area contributed by atoms with E-state index in [2.05, 4.69) is 43.4 Å². The number of hydrogen-bond donors (Lipinski definition) is 1. The smallest absolute Gasteiger partial charge is 0.177 e. The zero-order chi connectivity index (χ0) is 17.5. The van der Waals surface area contributed by atoms with Crippen LogP contribution in [0.4, 0.5) is 5.69 Å². The van der Waals surface area contributed by atoms with Gasteiger partial charge in [-0.3, -0.25) is 0 Å². The van der Waals surface area contributed by atoms with Crippen molar-refractivity contribution in [2.45, 2.75) is 84.0 Å². The summed E-state index contributed by atoms with van der Waals surface area (Å²) in [5.74, 6) is 0. The number of anilines is 1. The van der Waals surface area contributed by atoms with Gasteiger partial charge in [0.2, 0.25) is 0 Å². The number of unbranched alkanes of at least 4 members (excludes halogenated alkanes) is 6. The van der Waals surface area contributed by atoms with E-state index in [4.69, 9.17) is 9.47 Å². The molecule has 1 aromatic carbocycles. The summed E-state index contributed by atoms with van der Waals surface area (Å²) in [6.45, 7) is 5.26. The van der Waals surface area contributed by atoms with Gasteiger partial charge in [0, 0.05) is 19.4 Å². The highest BCUT2D eigenvalue weighted by molar-refractivity contribution is 5.43. The molecule has 0 bridgehead atoms. The van der Waals surface area contributed by atoms with Gasteiger partial charge in [0.05, 0.1) is 6.04 Å². The van der Waals surface area contributed by atoms with Gasteiger partial charge in [-0.25, -0.2) is 0 Å². The van der Waals surface area contributed by atoms with Crippen molar-refractivity contribution >= 4 is 5.69 Å². The van der Waals surface area contributed by atoms with Gasteiger partial charge >= 0.3 is 0 Å². The van der Waals surface area contributed by atoms with E-state index in [1.807, 2.05) is 6.07 Å². The van der Waals surface area contributed by atoms with Crippen molar-refractivity contribution in [1.29, 1.82) is 0 Å². The molecule has 0 fully saturated rings. The fraction of sp³-hybridized carbons (Fsp3) is 0.714. The van der Waals surface area contributed by atoms with Crippen LogP contribution in [0.25, 0.3) is 0 Å². The largest absolute Gasteiger partial charge is 0.377 e. The van der Waals surface area contributed by atoms with Gasteiger partial charge in [-0.15, -0.1) is 0 Å². The van der Waals surface area contributed by atoms with Crippen LogP contribution in [-0.2, 0) is 9.47 Å². The summed E-state index contributed by atoms with van der Waals surface area (Å²) in [4.78, 5) is 0. The Kier molecular flexibility index (Phi) is 12.5. The van der Waals surface area contributed by atoms with Crippen LogP contribution in [0.5, 0.6) is 0 Å². The predicted molar refractivity (Wildman–Crippen MR) is 104 cm³/mol. The topological polar surface area (TPSA) is 30.5 Å². The third-order valence-corrected chi connectivity index (χ3v) is 4.34.